The van der Waals surface area contributed by atoms with Crippen LogP contribution in [0, 0.1) is 6.92 Å². The molecule has 0 bridgehead atoms. The Kier molecular flexibility index (Phi) is 4.02. The SMILES string of the molecule is CC1=Cc2c(C)c3c(cc2=C1CCC1C=Cc2ccccc21)SC(Br)C=3. The fourth-order valence-corrected chi connectivity index (χ4v) is 6.42. The first-order chi connectivity index (χ1) is 12.6. The molecule has 0 fully saturated rings. The van der Waals surface area contributed by atoms with Crippen molar-refractivity contribution in [1.29, 1.82) is 0 Å². The minimum atomic E-state index is 0.410. The second-order valence-electron chi connectivity index (χ2n) is 7.45. The highest BCUT2D eigenvalue weighted by molar-refractivity contribution is 9.11. The average Bonchev–Trinajstić information content (AvgIpc) is 3.29. The van der Waals surface area contributed by atoms with E-state index in [0.717, 1.165) is 6.42 Å². The van der Waals surface area contributed by atoms with Gasteiger partial charge in [0, 0.05) is 10.8 Å². The number of hydrogen-bond donors (Lipinski definition) is 0. The van der Waals surface area contributed by atoms with Gasteiger partial charge in [0.1, 0.15) is 0 Å². The van der Waals surface area contributed by atoms with Gasteiger partial charge in [0.25, 0.3) is 0 Å². The van der Waals surface area contributed by atoms with E-state index >= 15 is 0 Å². The molecule has 1 aliphatic heterocycles. The minimum absolute atomic E-state index is 0.410. The summed E-state index contributed by atoms with van der Waals surface area (Å²) in [6.45, 7) is 4.56. The van der Waals surface area contributed by atoms with E-state index in [1.165, 1.54) is 49.6 Å². The molecule has 5 rings (SSSR count). The molecule has 2 aromatic carbocycles. The summed E-state index contributed by atoms with van der Waals surface area (Å²) in [5, 5.41) is 2.89. The van der Waals surface area contributed by atoms with E-state index in [1.54, 1.807) is 5.57 Å². The summed E-state index contributed by atoms with van der Waals surface area (Å²) in [5.41, 5.74) is 8.75. The zero-order chi connectivity index (χ0) is 17.8. The quantitative estimate of drug-likeness (QED) is 0.568. The zero-order valence-corrected chi connectivity index (χ0v) is 17.5. The first-order valence-electron chi connectivity index (χ1n) is 9.27. The highest BCUT2D eigenvalue weighted by Crippen LogP contribution is 2.37. The first kappa shape index (κ1) is 16.6. The fourth-order valence-electron chi connectivity index (χ4n) is 4.57. The van der Waals surface area contributed by atoms with Crippen molar-refractivity contribution in [2.45, 2.75) is 41.7 Å². The van der Waals surface area contributed by atoms with E-state index in [1.807, 2.05) is 11.8 Å². The lowest BCUT2D eigenvalue weighted by molar-refractivity contribution is 0.767. The molecule has 2 aliphatic carbocycles. The Balaban J connectivity index is 1.51. The molecule has 2 aromatic rings. The van der Waals surface area contributed by atoms with Crippen molar-refractivity contribution >= 4 is 51.5 Å². The molecule has 0 radical (unpaired) electrons. The van der Waals surface area contributed by atoms with Gasteiger partial charge in [-0.3, -0.25) is 0 Å². The Morgan fingerprint density at radius 2 is 2.00 bits per heavy atom. The average molecular weight is 421 g/mol. The predicted molar refractivity (Wildman–Crippen MR) is 118 cm³/mol. The van der Waals surface area contributed by atoms with E-state index in [4.69, 9.17) is 0 Å². The summed E-state index contributed by atoms with van der Waals surface area (Å²) < 4.78 is 0.410. The number of halogens is 1. The molecule has 2 heteroatoms. The maximum absolute atomic E-state index is 3.74. The third-order valence-electron chi connectivity index (χ3n) is 5.95. The monoisotopic (exact) mass is 420 g/mol. The summed E-state index contributed by atoms with van der Waals surface area (Å²) in [5.74, 6) is 0.556. The third kappa shape index (κ3) is 2.58. The van der Waals surface area contributed by atoms with Gasteiger partial charge in [-0.2, -0.15) is 0 Å². The first-order valence-corrected chi connectivity index (χ1v) is 11.1. The Morgan fingerprint density at radius 1 is 1.15 bits per heavy atom. The van der Waals surface area contributed by atoms with Crippen LogP contribution >= 0.6 is 27.7 Å². The molecule has 3 aliphatic rings. The number of rotatable bonds is 3. The highest BCUT2D eigenvalue weighted by Gasteiger charge is 2.22. The Morgan fingerprint density at radius 3 is 2.88 bits per heavy atom. The van der Waals surface area contributed by atoms with Crippen LogP contribution in [-0.2, 0) is 0 Å². The second-order valence-corrected chi connectivity index (χ2v) is 10.2. The number of hydrogen-bond acceptors (Lipinski definition) is 1. The van der Waals surface area contributed by atoms with Gasteiger partial charge in [0.15, 0.2) is 0 Å². The molecule has 130 valence electrons. The smallest absolute Gasteiger partial charge is 0.0836 e. The van der Waals surface area contributed by atoms with Crippen molar-refractivity contribution in [2.24, 2.45) is 0 Å². The lowest BCUT2D eigenvalue weighted by atomic mass is 9.92. The van der Waals surface area contributed by atoms with Crippen LogP contribution in [0.1, 0.15) is 47.9 Å². The molecule has 0 N–H and O–H groups in total. The summed E-state index contributed by atoms with van der Waals surface area (Å²) in [6.07, 6.45) is 11.7. The van der Waals surface area contributed by atoms with Crippen LogP contribution in [0.25, 0.3) is 23.8 Å². The van der Waals surface area contributed by atoms with Gasteiger partial charge in [-0.05, 0) is 76.6 Å². The Bertz CT molecular complexity index is 1100. The van der Waals surface area contributed by atoms with Crippen LogP contribution in [-0.4, -0.2) is 4.16 Å². The van der Waals surface area contributed by atoms with Crippen molar-refractivity contribution in [1.82, 2.24) is 0 Å². The van der Waals surface area contributed by atoms with E-state index in [-0.39, 0.29) is 0 Å². The molecule has 0 nitrogen and oxygen atoms in total. The van der Waals surface area contributed by atoms with Crippen LogP contribution in [0.5, 0.6) is 0 Å². The molecule has 0 aromatic heterocycles. The van der Waals surface area contributed by atoms with Gasteiger partial charge in [0.05, 0.1) is 4.16 Å². The van der Waals surface area contributed by atoms with Crippen LogP contribution in [0.3, 0.4) is 0 Å². The molecular weight excluding hydrogens is 400 g/mol. The van der Waals surface area contributed by atoms with Gasteiger partial charge < -0.3 is 0 Å². The van der Waals surface area contributed by atoms with E-state index < -0.39 is 0 Å². The van der Waals surface area contributed by atoms with E-state index in [2.05, 4.69) is 84.4 Å². The zero-order valence-electron chi connectivity index (χ0n) is 15.1. The molecule has 0 saturated heterocycles. The molecule has 1 heterocycles. The van der Waals surface area contributed by atoms with Crippen molar-refractivity contribution in [2.75, 3.05) is 0 Å². The number of fused-ring (bicyclic) bond motifs is 3. The lowest BCUT2D eigenvalue weighted by Crippen LogP contribution is -2.18. The van der Waals surface area contributed by atoms with E-state index in [9.17, 15) is 0 Å². The number of allylic oxidation sites excluding steroid dienone is 2. The maximum atomic E-state index is 3.74. The topological polar surface area (TPSA) is 0 Å². The summed E-state index contributed by atoms with van der Waals surface area (Å²) >= 11 is 5.66. The van der Waals surface area contributed by atoms with Crippen molar-refractivity contribution in [3.63, 3.8) is 0 Å². The Hall–Kier alpha value is -1.51. The number of benzene rings is 2. The standard InChI is InChI=1S/C24H21BrS/c1-14-11-20-15(2)21-13-24(25)26-23(21)12-22(20)18(14)10-9-17-8-7-16-5-3-4-6-19(16)17/h3-8,11-13,17,24H,9-10H2,1-2H3. The van der Waals surface area contributed by atoms with Crippen molar-refractivity contribution in [3.05, 3.63) is 74.7 Å². The van der Waals surface area contributed by atoms with Gasteiger partial charge in [-0.1, -0.05) is 64.5 Å². The number of thioether (sulfide) groups is 1. The van der Waals surface area contributed by atoms with Gasteiger partial charge >= 0.3 is 0 Å². The fraction of sp³-hybridized carbons (Fsp3) is 0.250. The van der Waals surface area contributed by atoms with Crippen LogP contribution < -0.4 is 10.4 Å². The molecule has 2 atom stereocenters. The molecule has 2 unspecified atom stereocenters. The van der Waals surface area contributed by atoms with Gasteiger partial charge in [-0.15, -0.1) is 11.8 Å². The minimum Gasteiger partial charge on any atom is -0.106 e. The van der Waals surface area contributed by atoms with Crippen molar-refractivity contribution in [3.8, 4) is 0 Å². The van der Waals surface area contributed by atoms with Crippen LogP contribution in [0.2, 0.25) is 0 Å². The normalized spacial score (nSPS) is 22.1. The molecular formula is C24H21BrS. The summed E-state index contributed by atoms with van der Waals surface area (Å²) in [7, 11) is 0. The molecule has 26 heavy (non-hydrogen) atoms. The second kappa shape index (κ2) is 6.28. The van der Waals surface area contributed by atoms with Gasteiger partial charge in [0.2, 0.25) is 0 Å². The molecule has 0 spiro atoms. The van der Waals surface area contributed by atoms with Crippen LogP contribution in [0.4, 0.5) is 0 Å². The van der Waals surface area contributed by atoms with Crippen molar-refractivity contribution < 1.29 is 0 Å². The largest absolute Gasteiger partial charge is 0.106 e. The molecule has 0 saturated carbocycles. The van der Waals surface area contributed by atoms with Gasteiger partial charge in [-0.25, -0.2) is 0 Å². The lowest BCUT2D eigenvalue weighted by Gasteiger charge is -2.12. The third-order valence-corrected chi connectivity index (χ3v) is 7.73. The summed E-state index contributed by atoms with van der Waals surface area (Å²) in [4.78, 5) is 1.43. The Labute approximate surface area is 167 Å². The number of alkyl halides is 1. The summed E-state index contributed by atoms with van der Waals surface area (Å²) in [6, 6.07) is 11.2. The maximum Gasteiger partial charge on any atom is 0.0836 e. The van der Waals surface area contributed by atoms with E-state index in [0.29, 0.717) is 10.1 Å². The molecule has 0 amide bonds. The highest BCUT2D eigenvalue weighted by atomic mass is 79.9. The predicted octanol–water partition coefficient (Wildman–Crippen LogP) is 5.76. The van der Waals surface area contributed by atoms with Crippen LogP contribution in [0.15, 0.2) is 46.9 Å².